The molecule has 8 heteroatoms. The number of aromatic nitrogens is 1. The van der Waals surface area contributed by atoms with Crippen molar-refractivity contribution in [3.8, 4) is 0 Å². The van der Waals surface area contributed by atoms with E-state index in [1.165, 1.54) is 12.3 Å². The minimum absolute atomic E-state index is 0.0890. The maximum absolute atomic E-state index is 12.2. The monoisotopic (exact) mass is 302 g/mol. The van der Waals surface area contributed by atoms with Crippen molar-refractivity contribution in [2.45, 2.75) is 0 Å². The van der Waals surface area contributed by atoms with Crippen LogP contribution >= 0.6 is 0 Å². The van der Waals surface area contributed by atoms with Crippen molar-refractivity contribution in [2.75, 3.05) is 32.7 Å². The van der Waals surface area contributed by atoms with Gasteiger partial charge in [0.25, 0.3) is 11.8 Å². The van der Waals surface area contributed by atoms with E-state index in [1.54, 1.807) is 15.9 Å². The standard InChI is InChI=1S/C14H14N4O4/c19-9-16-4-6-17(7-5-16)11(20)8-18-13(21)10-2-1-3-15-12(10)14(18)22/h1-3,9H,4-8H2. The van der Waals surface area contributed by atoms with Gasteiger partial charge < -0.3 is 9.80 Å². The molecule has 0 atom stereocenters. The van der Waals surface area contributed by atoms with Crippen molar-refractivity contribution in [2.24, 2.45) is 0 Å². The molecule has 3 rings (SSSR count). The molecule has 1 saturated heterocycles. The third-order valence-corrected chi connectivity index (χ3v) is 3.84. The van der Waals surface area contributed by atoms with E-state index in [4.69, 9.17) is 0 Å². The van der Waals surface area contributed by atoms with Crippen molar-refractivity contribution >= 4 is 24.1 Å². The smallest absolute Gasteiger partial charge is 0.280 e. The number of carbonyl (C=O) groups excluding carboxylic acids is 4. The predicted octanol–water partition coefficient (Wildman–Crippen LogP) is -1.02. The zero-order valence-electron chi connectivity index (χ0n) is 11.8. The molecular formula is C14H14N4O4. The molecular weight excluding hydrogens is 288 g/mol. The van der Waals surface area contributed by atoms with E-state index < -0.39 is 11.8 Å². The fraction of sp³-hybridized carbons (Fsp3) is 0.357. The van der Waals surface area contributed by atoms with Crippen LogP contribution in [0.1, 0.15) is 20.8 Å². The van der Waals surface area contributed by atoms with Crippen LogP contribution in [-0.2, 0) is 9.59 Å². The summed E-state index contributed by atoms with van der Waals surface area (Å²) in [5.74, 6) is -1.34. The molecule has 1 aromatic rings. The lowest BCUT2D eigenvalue weighted by Gasteiger charge is -2.33. The highest BCUT2D eigenvalue weighted by molar-refractivity contribution is 6.21. The molecule has 0 N–H and O–H groups in total. The molecule has 0 unspecified atom stereocenters. The van der Waals surface area contributed by atoms with Gasteiger partial charge in [0, 0.05) is 32.4 Å². The van der Waals surface area contributed by atoms with Crippen molar-refractivity contribution in [1.82, 2.24) is 19.7 Å². The van der Waals surface area contributed by atoms with Gasteiger partial charge in [0.2, 0.25) is 12.3 Å². The van der Waals surface area contributed by atoms with E-state index in [9.17, 15) is 19.2 Å². The fourth-order valence-corrected chi connectivity index (χ4v) is 2.57. The molecule has 22 heavy (non-hydrogen) atoms. The summed E-state index contributed by atoms with van der Waals surface area (Å²) in [4.78, 5) is 55.1. The number of fused-ring (bicyclic) bond motifs is 1. The lowest BCUT2D eigenvalue weighted by Crippen LogP contribution is -2.51. The SMILES string of the molecule is O=CN1CCN(C(=O)CN2C(=O)c3cccnc3C2=O)CC1. The quantitative estimate of drug-likeness (QED) is 0.526. The summed E-state index contributed by atoms with van der Waals surface area (Å²) in [5.41, 5.74) is 0.317. The van der Waals surface area contributed by atoms with E-state index in [-0.39, 0.29) is 23.7 Å². The summed E-state index contributed by atoms with van der Waals surface area (Å²) in [6.45, 7) is 1.42. The fourth-order valence-electron chi connectivity index (χ4n) is 2.57. The molecule has 0 spiro atoms. The van der Waals surface area contributed by atoms with E-state index in [1.807, 2.05) is 0 Å². The summed E-state index contributed by atoms with van der Waals surface area (Å²) in [6, 6.07) is 3.10. The van der Waals surface area contributed by atoms with E-state index in [0.717, 1.165) is 11.3 Å². The van der Waals surface area contributed by atoms with Crippen molar-refractivity contribution < 1.29 is 19.2 Å². The molecule has 2 aliphatic rings. The average molecular weight is 302 g/mol. The predicted molar refractivity (Wildman–Crippen MR) is 73.8 cm³/mol. The van der Waals surface area contributed by atoms with Crippen LogP contribution in [0.25, 0.3) is 0 Å². The van der Waals surface area contributed by atoms with Gasteiger partial charge in [-0.05, 0) is 12.1 Å². The second-order valence-electron chi connectivity index (χ2n) is 5.12. The van der Waals surface area contributed by atoms with Crippen LogP contribution < -0.4 is 0 Å². The van der Waals surface area contributed by atoms with E-state index in [2.05, 4.69) is 4.98 Å². The Morgan fingerprint density at radius 3 is 2.55 bits per heavy atom. The third kappa shape index (κ3) is 2.32. The molecule has 2 aliphatic heterocycles. The van der Waals surface area contributed by atoms with Gasteiger partial charge in [-0.25, -0.2) is 0 Å². The Morgan fingerprint density at radius 1 is 1.18 bits per heavy atom. The molecule has 114 valence electrons. The van der Waals surface area contributed by atoms with Gasteiger partial charge in [0.1, 0.15) is 12.2 Å². The van der Waals surface area contributed by atoms with Crippen LogP contribution in [0.15, 0.2) is 18.3 Å². The first kappa shape index (κ1) is 14.2. The highest BCUT2D eigenvalue weighted by Gasteiger charge is 2.38. The van der Waals surface area contributed by atoms with Gasteiger partial charge in [0.15, 0.2) is 0 Å². The molecule has 3 heterocycles. The molecule has 0 bridgehead atoms. The van der Waals surface area contributed by atoms with Crippen LogP contribution in [0.3, 0.4) is 0 Å². The van der Waals surface area contributed by atoms with Crippen molar-refractivity contribution in [3.05, 3.63) is 29.6 Å². The molecule has 0 aromatic carbocycles. The highest BCUT2D eigenvalue weighted by Crippen LogP contribution is 2.20. The zero-order valence-corrected chi connectivity index (χ0v) is 11.8. The number of pyridine rings is 1. The first-order valence-electron chi connectivity index (χ1n) is 6.90. The number of hydrogen-bond acceptors (Lipinski definition) is 5. The first-order valence-corrected chi connectivity index (χ1v) is 6.90. The number of rotatable bonds is 3. The first-order chi connectivity index (χ1) is 10.6. The minimum Gasteiger partial charge on any atom is -0.342 e. The Labute approximate surface area is 126 Å². The normalized spacial score (nSPS) is 17.7. The Hall–Kier alpha value is -2.77. The number of piperazine rings is 1. The Bertz CT molecular complexity index is 617. The topological polar surface area (TPSA) is 90.9 Å². The van der Waals surface area contributed by atoms with Crippen molar-refractivity contribution in [1.29, 1.82) is 0 Å². The van der Waals surface area contributed by atoms with Crippen LogP contribution in [0.5, 0.6) is 0 Å². The average Bonchev–Trinajstić information content (AvgIpc) is 2.80. The van der Waals surface area contributed by atoms with Gasteiger partial charge in [-0.2, -0.15) is 0 Å². The number of amides is 4. The number of nitrogens with zero attached hydrogens (tertiary/aromatic N) is 4. The Morgan fingerprint density at radius 2 is 1.91 bits per heavy atom. The molecule has 8 nitrogen and oxygen atoms in total. The van der Waals surface area contributed by atoms with Gasteiger partial charge in [-0.1, -0.05) is 0 Å². The van der Waals surface area contributed by atoms with E-state index in [0.29, 0.717) is 26.2 Å². The summed E-state index contributed by atoms with van der Waals surface area (Å²) in [6.07, 6.45) is 2.19. The number of carbonyl (C=O) groups is 4. The maximum atomic E-state index is 12.2. The van der Waals surface area contributed by atoms with Crippen LogP contribution in [-0.4, -0.2) is 76.5 Å². The minimum atomic E-state index is -0.541. The van der Waals surface area contributed by atoms with Gasteiger partial charge in [-0.3, -0.25) is 29.1 Å². The molecule has 0 aliphatic carbocycles. The summed E-state index contributed by atoms with van der Waals surface area (Å²) in [5, 5.41) is 0. The van der Waals surface area contributed by atoms with Gasteiger partial charge >= 0.3 is 0 Å². The molecule has 4 amide bonds. The lowest BCUT2D eigenvalue weighted by atomic mass is 10.2. The van der Waals surface area contributed by atoms with Crippen LogP contribution in [0.4, 0.5) is 0 Å². The summed E-state index contributed by atoms with van der Waals surface area (Å²) in [7, 11) is 0. The zero-order chi connectivity index (χ0) is 15.7. The number of hydrogen-bond donors (Lipinski definition) is 0. The van der Waals surface area contributed by atoms with Crippen LogP contribution in [0, 0.1) is 0 Å². The maximum Gasteiger partial charge on any atom is 0.280 e. The Kier molecular flexibility index (Phi) is 3.58. The lowest BCUT2D eigenvalue weighted by molar-refractivity contribution is -0.135. The molecule has 1 fully saturated rings. The molecule has 1 aromatic heterocycles. The number of imide groups is 1. The van der Waals surface area contributed by atoms with Crippen LogP contribution in [0.2, 0.25) is 0 Å². The van der Waals surface area contributed by atoms with Gasteiger partial charge in [0.05, 0.1) is 5.56 Å². The Balaban J connectivity index is 1.67. The largest absolute Gasteiger partial charge is 0.342 e. The highest BCUT2D eigenvalue weighted by atomic mass is 16.2. The second kappa shape index (κ2) is 5.55. The van der Waals surface area contributed by atoms with Crippen molar-refractivity contribution in [3.63, 3.8) is 0 Å². The van der Waals surface area contributed by atoms with E-state index >= 15 is 0 Å². The summed E-state index contributed by atoms with van der Waals surface area (Å²) < 4.78 is 0. The molecule has 0 saturated carbocycles. The van der Waals surface area contributed by atoms with Gasteiger partial charge in [-0.15, -0.1) is 0 Å². The third-order valence-electron chi connectivity index (χ3n) is 3.84. The molecule has 0 radical (unpaired) electrons. The second-order valence-corrected chi connectivity index (χ2v) is 5.12. The summed E-state index contributed by atoms with van der Waals surface area (Å²) >= 11 is 0.